The van der Waals surface area contributed by atoms with Crippen molar-refractivity contribution in [3.05, 3.63) is 78.4 Å². The van der Waals surface area contributed by atoms with E-state index in [0.717, 1.165) is 5.39 Å². The van der Waals surface area contributed by atoms with E-state index in [2.05, 4.69) is 0 Å². The number of hydrogen-bond acceptors (Lipinski definition) is 2. The van der Waals surface area contributed by atoms with Gasteiger partial charge in [-0.05, 0) is 28.5 Å². The predicted octanol–water partition coefficient (Wildman–Crippen LogP) is 4.45. The van der Waals surface area contributed by atoms with E-state index in [1.165, 1.54) is 30.3 Å². The summed E-state index contributed by atoms with van der Waals surface area (Å²) in [5.41, 5.74) is 0.313. The SMILES string of the molecule is O=S(=O)(c1ccccc1)C(F)(F)Cc1cccc2ccccc12. The summed E-state index contributed by atoms with van der Waals surface area (Å²) >= 11 is 0. The molecule has 118 valence electrons. The molecule has 0 amide bonds. The van der Waals surface area contributed by atoms with Gasteiger partial charge in [0.25, 0.3) is 0 Å². The summed E-state index contributed by atoms with van der Waals surface area (Å²) in [4.78, 5) is -0.370. The van der Waals surface area contributed by atoms with E-state index in [9.17, 15) is 17.2 Å². The second-order valence-corrected chi connectivity index (χ2v) is 7.34. The summed E-state index contributed by atoms with van der Waals surface area (Å²) in [7, 11) is -4.74. The van der Waals surface area contributed by atoms with Crippen LogP contribution in [0.15, 0.2) is 77.7 Å². The molecule has 0 aromatic heterocycles. The normalized spacial score (nSPS) is 12.4. The van der Waals surface area contributed by atoms with Crippen molar-refractivity contribution in [1.29, 1.82) is 0 Å². The Labute approximate surface area is 133 Å². The summed E-state index contributed by atoms with van der Waals surface area (Å²) < 4.78 is 53.5. The van der Waals surface area contributed by atoms with Crippen molar-refractivity contribution in [2.75, 3.05) is 0 Å². The fourth-order valence-corrected chi connectivity index (χ4v) is 3.74. The van der Waals surface area contributed by atoms with Crippen molar-refractivity contribution in [1.82, 2.24) is 0 Å². The molecule has 23 heavy (non-hydrogen) atoms. The highest BCUT2D eigenvalue weighted by Crippen LogP contribution is 2.34. The highest BCUT2D eigenvalue weighted by molar-refractivity contribution is 7.92. The minimum Gasteiger partial charge on any atom is -0.217 e. The zero-order valence-electron chi connectivity index (χ0n) is 12.1. The fraction of sp³-hybridized carbons (Fsp3) is 0.111. The Morgan fingerprint density at radius 1 is 0.783 bits per heavy atom. The zero-order valence-corrected chi connectivity index (χ0v) is 12.9. The molecule has 0 saturated heterocycles. The summed E-state index contributed by atoms with van der Waals surface area (Å²) in [6, 6.07) is 18.9. The average molecular weight is 332 g/mol. The first-order chi connectivity index (χ1) is 10.9. The summed E-state index contributed by atoms with van der Waals surface area (Å²) in [5.74, 6) is 0. The largest absolute Gasteiger partial charge is 0.354 e. The first-order valence-corrected chi connectivity index (χ1v) is 8.54. The predicted molar refractivity (Wildman–Crippen MR) is 86.2 cm³/mol. The standard InChI is InChI=1S/C18H14F2O2S/c19-18(20,23(21,22)16-10-2-1-3-11-16)13-15-9-6-8-14-7-4-5-12-17(14)15/h1-12H,13H2. The van der Waals surface area contributed by atoms with E-state index in [1.54, 1.807) is 24.3 Å². The molecule has 0 aliphatic carbocycles. The highest BCUT2D eigenvalue weighted by Gasteiger charge is 2.46. The van der Waals surface area contributed by atoms with Gasteiger partial charge in [0.2, 0.25) is 9.84 Å². The van der Waals surface area contributed by atoms with E-state index >= 15 is 0 Å². The van der Waals surface area contributed by atoms with Crippen LogP contribution in [0, 0.1) is 0 Å². The van der Waals surface area contributed by atoms with Crippen molar-refractivity contribution in [3.63, 3.8) is 0 Å². The van der Waals surface area contributed by atoms with Crippen LogP contribution in [0.5, 0.6) is 0 Å². The van der Waals surface area contributed by atoms with Crippen molar-refractivity contribution < 1.29 is 17.2 Å². The maximum Gasteiger partial charge on any atom is 0.354 e. The Bertz CT molecular complexity index is 930. The molecule has 0 spiro atoms. The lowest BCUT2D eigenvalue weighted by Crippen LogP contribution is -2.31. The molecule has 3 aromatic carbocycles. The van der Waals surface area contributed by atoms with E-state index in [4.69, 9.17) is 0 Å². The fourth-order valence-electron chi connectivity index (χ4n) is 2.54. The van der Waals surface area contributed by atoms with Crippen molar-refractivity contribution in [2.24, 2.45) is 0 Å². The molecule has 0 heterocycles. The monoisotopic (exact) mass is 332 g/mol. The van der Waals surface area contributed by atoms with Crippen LogP contribution in [0.2, 0.25) is 0 Å². The van der Waals surface area contributed by atoms with Crippen LogP contribution in [0.3, 0.4) is 0 Å². The van der Waals surface area contributed by atoms with Gasteiger partial charge in [0.1, 0.15) is 0 Å². The number of sulfone groups is 1. The van der Waals surface area contributed by atoms with E-state index in [0.29, 0.717) is 10.9 Å². The molecule has 0 aliphatic rings. The zero-order chi connectivity index (χ0) is 16.5. The molecule has 0 N–H and O–H groups in total. The quantitative estimate of drug-likeness (QED) is 0.707. The second kappa shape index (κ2) is 5.74. The van der Waals surface area contributed by atoms with Crippen LogP contribution >= 0.6 is 0 Å². The minimum atomic E-state index is -4.74. The molecule has 0 fully saturated rings. The summed E-state index contributed by atoms with van der Waals surface area (Å²) in [5, 5.41) is -2.44. The number of rotatable bonds is 4. The maximum absolute atomic E-state index is 14.5. The molecular formula is C18H14F2O2S. The molecule has 5 heteroatoms. The topological polar surface area (TPSA) is 34.1 Å². The van der Waals surface area contributed by atoms with E-state index < -0.39 is 21.5 Å². The third kappa shape index (κ3) is 2.84. The van der Waals surface area contributed by atoms with Crippen molar-refractivity contribution in [2.45, 2.75) is 16.6 Å². The molecule has 0 unspecified atom stereocenters. The van der Waals surface area contributed by atoms with E-state index in [-0.39, 0.29) is 4.90 Å². The molecular weight excluding hydrogens is 318 g/mol. The number of hydrogen-bond donors (Lipinski definition) is 0. The number of halogens is 2. The molecule has 0 aliphatic heterocycles. The van der Waals surface area contributed by atoms with Gasteiger partial charge in [0.05, 0.1) is 11.3 Å². The molecule has 0 saturated carbocycles. The van der Waals surface area contributed by atoms with Gasteiger partial charge in [0.15, 0.2) is 0 Å². The molecule has 0 radical (unpaired) electrons. The maximum atomic E-state index is 14.5. The van der Waals surface area contributed by atoms with Gasteiger partial charge in [-0.2, -0.15) is 8.78 Å². The van der Waals surface area contributed by atoms with Gasteiger partial charge in [-0.25, -0.2) is 8.42 Å². The third-order valence-corrected chi connectivity index (χ3v) is 5.55. The van der Waals surface area contributed by atoms with E-state index in [1.807, 2.05) is 18.2 Å². The van der Waals surface area contributed by atoms with Gasteiger partial charge in [-0.15, -0.1) is 0 Å². The van der Waals surface area contributed by atoms with Crippen LogP contribution in [-0.2, 0) is 16.3 Å². The average Bonchev–Trinajstić information content (AvgIpc) is 2.55. The first-order valence-electron chi connectivity index (χ1n) is 7.06. The summed E-state index contributed by atoms with van der Waals surface area (Å²) in [6.45, 7) is 0. The lowest BCUT2D eigenvalue weighted by atomic mass is 10.0. The Balaban J connectivity index is 2.04. The van der Waals surface area contributed by atoms with Crippen LogP contribution in [0.4, 0.5) is 8.78 Å². The number of benzene rings is 3. The Kier molecular flexibility index (Phi) is 3.90. The van der Waals surface area contributed by atoms with Crippen LogP contribution in [-0.4, -0.2) is 13.7 Å². The third-order valence-electron chi connectivity index (χ3n) is 3.72. The minimum absolute atomic E-state index is 0.313. The first kappa shape index (κ1) is 15.6. The Morgan fingerprint density at radius 2 is 1.39 bits per heavy atom. The lowest BCUT2D eigenvalue weighted by molar-refractivity contribution is 0.0928. The van der Waals surface area contributed by atoms with Crippen molar-refractivity contribution in [3.8, 4) is 0 Å². The molecule has 3 aromatic rings. The molecule has 2 nitrogen and oxygen atoms in total. The smallest absolute Gasteiger partial charge is 0.217 e. The highest BCUT2D eigenvalue weighted by atomic mass is 32.2. The Hall–Kier alpha value is -2.27. The number of fused-ring (bicyclic) bond motifs is 1. The molecule has 0 bridgehead atoms. The van der Waals surface area contributed by atoms with Crippen LogP contribution < -0.4 is 0 Å². The molecule has 0 atom stereocenters. The van der Waals surface area contributed by atoms with Crippen LogP contribution in [0.25, 0.3) is 10.8 Å². The summed E-state index contributed by atoms with van der Waals surface area (Å²) in [6.07, 6.45) is -0.856. The van der Waals surface area contributed by atoms with Crippen LogP contribution in [0.1, 0.15) is 5.56 Å². The Morgan fingerprint density at radius 3 is 2.13 bits per heavy atom. The number of alkyl halides is 2. The van der Waals surface area contributed by atoms with Crippen molar-refractivity contribution >= 4 is 20.6 Å². The lowest BCUT2D eigenvalue weighted by Gasteiger charge is -2.18. The second-order valence-electron chi connectivity index (χ2n) is 5.27. The van der Waals surface area contributed by atoms with Gasteiger partial charge in [-0.3, -0.25) is 0 Å². The van der Waals surface area contributed by atoms with Gasteiger partial charge >= 0.3 is 5.25 Å². The van der Waals surface area contributed by atoms with Gasteiger partial charge in [-0.1, -0.05) is 60.7 Å². The van der Waals surface area contributed by atoms with Gasteiger partial charge in [0, 0.05) is 0 Å². The van der Waals surface area contributed by atoms with Gasteiger partial charge < -0.3 is 0 Å². The molecule has 3 rings (SSSR count).